The fraction of sp³-hybridized carbons (Fsp3) is 0.400. The number of benzene rings is 1. The van der Waals surface area contributed by atoms with Crippen molar-refractivity contribution in [3.05, 3.63) is 52.1 Å². The normalized spacial score (nSPS) is 14.3. The Morgan fingerprint density at radius 2 is 1.93 bits per heavy atom. The molecule has 1 aliphatic rings. The van der Waals surface area contributed by atoms with Gasteiger partial charge >= 0.3 is 6.18 Å². The Morgan fingerprint density at radius 3 is 2.66 bits per heavy atom. The summed E-state index contributed by atoms with van der Waals surface area (Å²) in [4.78, 5) is 22.5. The molecule has 0 N–H and O–H groups in total. The van der Waals surface area contributed by atoms with Crippen molar-refractivity contribution in [2.75, 3.05) is 11.4 Å². The van der Waals surface area contributed by atoms with Gasteiger partial charge in [-0.25, -0.2) is 9.50 Å². The van der Waals surface area contributed by atoms with Crippen molar-refractivity contribution in [3.63, 3.8) is 0 Å². The number of hydrogen-bond acceptors (Lipinski definition) is 4. The molecule has 152 valence electrons. The van der Waals surface area contributed by atoms with Crippen LogP contribution in [0, 0.1) is 20.8 Å². The Labute approximate surface area is 165 Å². The Hall–Kier alpha value is -2.97. The first-order valence-corrected chi connectivity index (χ1v) is 9.35. The largest absolute Gasteiger partial charge is 0.453 e. The molecule has 6 nitrogen and oxygen atoms in total. The number of hydrogen-bond donors (Lipinski definition) is 0. The summed E-state index contributed by atoms with van der Waals surface area (Å²) >= 11 is 0. The summed E-state index contributed by atoms with van der Waals surface area (Å²) in [5.74, 6) is -1.48. The molecule has 1 amide bonds. The number of rotatable bonds is 2. The van der Waals surface area contributed by atoms with Gasteiger partial charge in [0.15, 0.2) is 0 Å². The lowest BCUT2D eigenvalue weighted by Gasteiger charge is -2.30. The van der Waals surface area contributed by atoms with Crippen LogP contribution in [0.1, 0.15) is 40.3 Å². The summed E-state index contributed by atoms with van der Waals surface area (Å²) < 4.78 is 39.9. The molecule has 0 spiro atoms. The first kappa shape index (κ1) is 19.4. The number of nitrogens with zero attached hydrogens (tertiary/aromatic N) is 5. The number of aromatic nitrogens is 4. The van der Waals surface area contributed by atoms with Gasteiger partial charge in [0.05, 0.1) is 6.42 Å². The van der Waals surface area contributed by atoms with E-state index in [9.17, 15) is 18.0 Å². The highest BCUT2D eigenvalue weighted by Gasteiger charge is 2.37. The van der Waals surface area contributed by atoms with Crippen molar-refractivity contribution >= 4 is 17.4 Å². The maximum absolute atomic E-state index is 13.1. The zero-order valence-corrected chi connectivity index (χ0v) is 16.3. The lowest BCUT2D eigenvalue weighted by atomic mass is 9.98. The molecular formula is C20H20F3N5O. The molecule has 0 bridgehead atoms. The van der Waals surface area contributed by atoms with Crippen LogP contribution in [0.3, 0.4) is 0 Å². The molecule has 9 heteroatoms. The average Bonchev–Trinajstić information content (AvgIpc) is 3.08. The van der Waals surface area contributed by atoms with Gasteiger partial charge in [-0.3, -0.25) is 4.79 Å². The van der Waals surface area contributed by atoms with E-state index in [1.54, 1.807) is 18.7 Å². The summed E-state index contributed by atoms with van der Waals surface area (Å²) in [6.07, 6.45) is -2.82. The van der Waals surface area contributed by atoms with Crippen molar-refractivity contribution in [1.82, 2.24) is 19.6 Å². The summed E-state index contributed by atoms with van der Waals surface area (Å²) in [5, 5.41) is 3.54. The van der Waals surface area contributed by atoms with E-state index in [2.05, 4.69) is 21.1 Å². The van der Waals surface area contributed by atoms with Gasteiger partial charge in [-0.15, -0.1) is 5.10 Å². The Balaban J connectivity index is 1.69. The Bertz CT molecular complexity index is 1120. The molecule has 29 heavy (non-hydrogen) atoms. The number of alkyl halides is 3. The molecule has 0 saturated heterocycles. The van der Waals surface area contributed by atoms with Crippen molar-refractivity contribution < 1.29 is 18.0 Å². The number of amides is 1. The van der Waals surface area contributed by atoms with Gasteiger partial charge in [0.25, 0.3) is 11.6 Å². The number of anilines is 1. The molecule has 0 unspecified atom stereocenters. The molecule has 0 radical (unpaired) electrons. The first-order chi connectivity index (χ1) is 13.6. The van der Waals surface area contributed by atoms with Gasteiger partial charge in [0, 0.05) is 29.2 Å². The smallest absolute Gasteiger partial charge is 0.312 e. The van der Waals surface area contributed by atoms with Crippen LogP contribution in [0.15, 0.2) is 18.2 Å². The molecule has 3 aromatic rings. The van der Waals surface area contributed by atoms with Gasteiger partial charge in [0.2, 0.25) is 5.91 Å². The lowest BCUT2D eigenvalue weighted by Crippen LogP contribution is -2.37. The molecule has 0 fully saturated rings. The van der Waals surface area contributed by atoms with Crippen LogP contribution in [-0.4, -0.2) is 32.0 Å². The number of fused-ring (bicyclic) bond motifs is 2. The third kappa shape index (κ3) is 3.45. The predicted molar refractivity (Wildman–Crippen MR) is 101 cm³/mol. The van der Waals surface area contributed by atoms with Crippen LogP contribution < -0.4 is 4.90 Å². The number of carbonyl (C=O) groups excluding carboxylic acids is 1. The van der Waals surface area contributed by atoms with Gasteiger partial charge < -0.3 is 4.90 Å². The van der Waals surface area contributed by atoms with Gasteiger partial charge in [0.1, 0.15) is 0 Å². The zero-order chi connectivity index (χ0) is 20.9. The Morgan fingerprint density at radius 1 is 1.17 bits per heavy atom. The highest BCUT2D eigenvalue weighted by atomic mass is 19.4. The third-order valence-electron chi connectivity index (χ3n) is 5.29. The van der Waals surface area contributed by atoms with E-state index >= 15 is 0 Å². The number of halogens is 3. The average molecular weight is 403 g/mol. The summed E-state index contributed by atoms with van der Waals surface area (Å²) in [7, 11) is 0. The van der Waals surface area contributed by atoms with E-state index in [1.807, 2.05) is 19.1 Å². The van der Waals surface area contributed by atoms with Crippen LogP contribution in [0.25, 0.3) is 5.78 Å². The van der Waals surface area contributed by atoms with E-state index in [0.29, 0.717) is 23.5 Å². The fourth-order valence-corrected chi connectivity index (χ4v) is 3.82. The monoisotopic (exact) mass is 403 g/mol. The second-order valence-electron chi connectivity index (χ2n) is 7.36. The molecule has 4 rings (SSSR count). The summed E-state index contributed by atoms with van der Waals surface area (Å²) in [6, 6.07) is 6.02. The highest BCUT2D eigenvalue weighted by Crippen LogP contribution is 2.30. The van der Waals surface area contributed by atoms with Crippen LogP contribution in [0.2, 0.25) is 0 Å². The minimum Gasteiger partial charge on any atom is -0.312 e. The standard InChI is InChI=1S/C20H20F3N5O/c1-11-6-7-16-14(9-11)5-4-8-27(16)17(29)10-15-12(2)24-19-25-18(20(21,22)23)26-28(19)13(15)3/h6-7,9H,4-5,8,10H2,1-3H3. The predicted octanol–water partition coefficient (Wildman–Crippen LogP) is 3.59. The van der Waals surface area contributed by atoms with Gasteiger partial charge in [-0.05, 0) is 45.2 Å². The highest BCUT2D eigenvalue weighted by molar-refractivity contribution is 5.96. The minimum atomic E-state index is -4.65. The molecular weight excluding hydrogens is 383 g/mol. The van der Waals surface area contributed by atoms with Crippen molar-refractivity contribution in [1.29, 1.82) is 0 Å². The molecule has 1 aromatic carbocycles. The van der Waals surface area contributed by atoms with Crippen LogP contribution in [-0.2, 0) is 23.8 Å². The van der Waals surface area contributed by atoms with E-state index in [-0.39, 0.29) is 18.1 Å². The molecule has 3 heterocycles. The van der Waals surface area contributed by atoms with Gasteiger partial charge in [-0.1, -0.05) is 17.7 Å². The molecule has 1 aliphatic heterocycles. The number of carbonyl (C=O) groups is 1. The van der Waals surface area contributed by atoms with Gasteiger partial charge in [-0.2, -0.15) is 18.2 Å². The summed E-state index contributed by atoms with van der Waals surface area (Å²) in [6.45, 7) is 5.93. The molecule has 0 aliphatic carbocycles. The van der Waals surface area contributed by atoms with E-state index in [1.165, 1.54) is 0 Å². The summed E-state index contributed by atoms with van der Waals surface area (Å²) in [5.41, 5.74) is 4.66. The second kappa shape index (κ2) is 6.82. The Kier molecular flexibility index (Phi) is 4.55. The maximum Gasteiger partial charge on any atom is 0.453 e. The first-order valence-electron chi connectivity index (χ1n) is 9.35. The maximum atomic E-state index is 13.1. The topological polar surface area (TPSA) is 63.4 Å². The van der Waals surface area contributed by atoms with Crippen LogP contribution >= 0.6 is 0 Å². The lowest BCUT2D eigenvalue weighted by molar-refractivity contribution is -0.144. The van der Waals surface area contributed by atoms with E-state index < -0.39 is 12.0 Å². The third-order valence-corrected chi connectivity index (χ3v) is 5.29. The van der Waals surface area contributed by atoms with E-state index in [4.69, 9.17) is 0 Å². The SMILES string of the molecule is Cc1ccc2c(c1)CCCN2C(=O)Cc1c(C)nc2nc(C(F)(F)F)nn2c1C. The fourth-order valence-electron chi connectivity index (χ4n) is 3.82. The molecule has 0 saturated carbocycles. The van der Waals surface area contributed by atoms with Crippen LogP contribution in [0.5, 0.6) is 0 Å². The zero-order valence-electron chi connectivity index (χ0n) is 16.3. The van der Waals surface area contributed by atoms with E-state index in [0.717, 1.165) is 34.2 Å². The van der Waals surface area contributed by atoms with Crippen LogP contribution in [0.4, 0.5) is 18.9 Å². The van der Waals surface area contributed by atoms with Crippen molar-refractivity contribution in [2.45, 2.75) is 46.2 Å². The number of aryl methyl sites for hydroxylation is 4. The van der Waals surface area contributed by atoms with Crippen molar-refractivity contribution in [2.24, 2.45) is 0 Å². The van der Waals surface area contributed by atoms with Crippen molar-refractivity contribution in [3.8, 4) is 0 Å². The molecule has 2 aromatic heterocycles. The molecule has 0 atom stereocenters. The minimum absolute atomic E-state index is 0.0368. The quantitative estimate of drug-likeness (QED) is 0.656. The second-order valence-corrected chi connectivity index (χ2v) is 7.36.